The molecule has 0 aliphatic heterocycles. The Bertz CT molecular complexity index is 949. The highest BCUT2D eigenvalue weighted by Crippen LogP contribution is 2.40. The van der Waals surface area contributed by atoms with Crippen LogP contribution in [0.5, 0.6) is 11.5 Å². The summed E-state index contributed by atoms with van der Waals surface area (Å²) in [6, 6.07) is 5.42. The van der Waals surface area contributed by atoms with Gasteiger partial charge in [-0.2, -0.15) is 0 Å². The number of nitrogen functional groups attached to an aromatic ring is 1. The summed E-state index contributed by atoms with van der Waals surface area (Å²) in [4.78, 5) is 21.6. The lowest BCUT2D eigenvalue weighted by atomic mass is 10.1. The topological polar surface area (TPSA) is 113 Å². The monoisotopic (exact) mass is 376 g/mol. The highest BCUT2D eigenvalue weighted by Gasteiger charge is 2.21. The first-order valence-electron chi connectivity index (χ1n) is 7.15. The largest absolute Gasteiger partial charge is 0.497 e. The van der Waals surface area contributed by atoms with Crippen LogP contribution in [-0.4, -0.2) is 36.4 Å². The van der Waals surface area contributed by atoms with Gasteiger partial charge in [0.1, 0.15) is 21.2 Å². The fourth-order valence-corrected chi connectivity index (χ4v) is 3.80. The first kappa shape index (κ1) is 17.3. The molecule has 7 nitrogen and oxygen atoms in total. The molecule has 0 radical (unpaired) electrons. The predicted octanol–water partition coefficient (Wildman–Crippen LogP) is 2.78. The van der Waals surface area contributed by atoms with Crippen LogP contribution < -0.4 is 20.9 Å². The highest BCUT2D eigenvalue weighted by molar-refractivity contribution is 7.98. The van der Waals surface area contributed by atoms with Crippen molar-refractivity contribution < 1.29 is 14.3 Å². The second-order valence-electron chi connectivity index (χ2n) is 5.05. The summed E-state index contributed by atoms with van der Waals surface area (Å²) in [7, 11) is 3.15. The third kappa shape index (κ3) is 3.08. The van der Waals surface area contributed by atoms with E-state index >= 15 is 0 Å². The number of amides is 1. The van der Waals surface area contributed by atoms with Crippen LogP contribution in [0, 0.1) is 0 Å². The van der Waals surface area contributed by atoms with Gasteiger partial charge in [-0.05, 0) is 18.4 Å². The normalized spacial score (nSPS) is 10.8. The summed E-state index contributed by atoms with van der Waals surface area (Å²) in [6.45, 7) is 0. The van der Waals surface area contributed by atoms with Crippen molar-refractivity contribution >= 4 is 44.9 Å². The van der Waals surface area contributed by atoms with E-state index < -0.39 is 5.91 Å². The maximum Gasteiger partial charge on any atom is 0.260 e. The van der Waals surface area contributed by atoms with Crippen LogP contribution in [0.15, 0.2) is 23.4 Å². The Morgan fingerprint density at radius 3 is 2.32 bits per heavy atom. The molecule has 0 fully saturated rings. The zero-order valence-electron chi connectivity index (χ0n) is 13.8. The fourth-order valence-electron chi connectivity index (χ4n) is 2.43. The Hall–Kier alpha value is -2.52. The Morgan fingerprint density at radius 2 is 1.80 bits per heavy atom. The summed E-state index contributed by atoms with van der Waals surface area (Å²) >= 11 is 2.56. The SMILES string of the molecule is COc1cc(OC)cc(-c2nc(SC)nc3sc(C(N)=O)c(N)c23)c1. The quantitative estimate of drug-likeness (QED) is 0.520. The van der Waals surface area contributed by atoms with Gasteiger partial charge in [-0.1, -0.05) is 11.8 Å². The molecule has 2 aromatic heterocycles. The minimum absolute atomic E-state index is 0.277. The molecule has 0 saturated carbocycles. The minimum Gasteiger partial charge on any atom is -0.497 e. The number of methoxy groups -OCH3 is 2. The van der Waals surface area contributed by atoms with Gasteiger partial charge >= 0.3 is 0 Å². The van der Waals surface area contributed by atoms with E-state index in [0.717, 1.165) is 16.9 Å². The smallest absolute Gasteiger partial charge is 0.260 e. The van der Waals surface area contributed by atoms with Gasteiger partial charge in [-0.15, -0.1) is 11.3 Å². The molecular weight excluding hydrogens is 360 g/mol. The van der Waals surface area contributed by atoms with Gasteiger partial charge in [0.2, 0.25) is 0 Å². The number of rotatable bonds is 5. The lowest BCUT2D eigenvalue weighted by Gasteiger charge is -2.10. The van der Waals surface area contributed by atoms with Crippen LogP contribution in [0.1, 0.15) is 9.67 Å². The maximum atomic E-state index is 11.7. The Kier molecular flexibility index (Phi) is 4.69. The molecule has 0 aliphatic rings. The molecule has 9 heteroatoms. The van der Waals surface area contributed by atoms with Gasteiger partial charge in [0.25, 0.3) is 5.91 Å². The first-order chi connectivity index (χ1) is 12.0. The molecule has 0 spiro atoms. The molecule has 0 aliphatic carbocycles. The molecule has 0 bridgehead atoms. The van der Waals surface area contributed by atoms with Crippen molar-refractivity contribution in [1.29, 1.82) is 0 Å². The average Bonchev–Trinajstić information content (AvgIpc) is 2.97. The molecular formula is C16H16N4O3S2. The van der Waals surface area contributed by atoms with Gasteiger partial charge in [-0.25, -0.2) is 9.97 Å². The van der Waals surface area contributed by atoms with Gasteiger partial charge in [0.15, 0.2) is 5.16 Å². The van der Waals surface area contributed by atoms with Crippen molar-refractivity contribution in [2.24, 2.45) is 5.73 Å². The molecule has 0 unspecified atom stereocenters. The number of carbonyl (C=O) groups excluding carboxylic acids is 1. The fraction of sp³-hybridized carbons (Fsp3) is 0.188. The second kappa shape index (κ2) is 6.77. The average molecular weight is 376 g/mol. The number of primary amides is 1. The number of thioether (sulfide) groups is 1. The Balaban J connectivity index is 2.36. The van der Waals surface area contributed by atoms with Gasteiger partial charge in [0, 0.05) is 11.6 Å². The van der Waals surface area contributed by atoms with Crippen LogP contribution in [0.25, 0.3) is 21.5 Å². The number of benzene rings is 1. The number of anilines is 1. The first-order valence-corrected chi connectivity index (χ1v) is 9.19. The predicted molar refractivity (Wildman–Crippen MR) is 101 cm³/mol. The van der Waals surface area contributed by atoms with E-state index in [2.05, 4.69) is 9.97 Å². The molecule has 2 heterocycles. The second-order valence-corrected chi connectivity index (χ2v) is 6.82. The summed E-state index contributed by atoms with van der Waals surface area (Å²) in [5.41, 5.74) is 13.2. The number of nitrogens with two attached hydrogens (primary N) is 2. The Morgan fingerprint density at radius 1 is 1.16 bits per heavy atom. The third-order valence-electron chi connectivity index (χ3n) is 3.60. The van der Waals surface area contributed by atoms with E-state index in [0.29, 0.717) is 32.6 Å². The number of hydrogen-bond acceptors (Lipinski definition) is 8. The number of hydrogen-bond donors (Lipinski definition) is 2. The van der Waals surface area contributed by atoms with E-state index in [4.69, 9.17) is 20.9 Å². The number of fused-ring (bicyclic) bond motifs is 1. The van der Waals surface area contributed by atoms with E-state index in [1.54, 1.807) is 20.3 Å². The molecule has 4 N–H and O–H groups in total. The number of carbonyl (C=O) groups is 1. The lowest BCUT2D eigenvalue weighted by Crippen LogP contribution is -2.10. The number of nitrogens with zero attached hydrogens (tertiary/aromatic N) is 2. The third-order valence-corrected chi connectivity index (χ3v) is 5.26. The van der Waals surface area contributed by atoms with Crippen molar-refractivity contribution in [3.63, 3.8) is 0 Å². The molecule has 0 saturated heterocycles. The van der Waals surface area contributed by atoms with E-state index in [9.17, 15) is 4.79 Å². The van der Waals surface area contributed by atoms with Gasteiger partial charge in [0.05, 0.1) is 31.0 Å². The van der Waals surface area contributed by atoms with Crippen LogP contribution in [0.4, 0.5) is 5.69 Å². The molecule has 25 heavy (non-hydrogen) atoms. The highest BCUT2D eigenvalue weighted by atomic mass is 32.2. The minimum atomic E-state index is -0.583. The van der Waals surface area contributed by atoms with Crippen molar-refractivity contribution in [1.82, 2.24) is 9.97 Å². The van der Waals surface area contributed by atoms with Crippen molar-refractivity contribution in [3.8, 4) is 22.8 Å². The molecule has 130 valence electrons. The standard InChI is InChI=1S/C16H16N4O3S2/c1-22-8-4-7(5-9(6-8)23-2)12-10-11(17)13(14(18)21)25-15(10)20-16(19-12)24-3/h4-6H,17H2,1-3H3,(H2,18,21). The maximum absolute atomic E-state index is 11.7. The van der Waals surface area contributed by atoms with Crippen molar-refractivity contribution in [2.75, 3.05) is 26.2 Å². The summed E-state index contributed by atoms with van der Waals surface area (Å²) < 4.78 is 10.7. The van der Waals surface area contributed by atoms with E-state index in [-0.39, 0.29) is 10.6 Å². The summed E-state index contributed by atoms with van der Waals surface area (Å²) in [5.74, 6) is 0.659. The zero-order chi connectivity index (χ0) is 18.1. The Labute approximate surface area is 152 Å². The zero-order valence-corrected chi connectivity index (χ0v) is 15.5. The molecule has 0 atom stereocenters. The number of ether oxygens (including phenoxy) is 2. The van der Waals surface area contributed by atoms with Gasteiger partial charge < -0.3 is 20.9 Å². The number of thiophene rings is 1. The van der Waals surface area contributed by atoms with Crippen LogP contribution >= 0.6 is 23.1 Å². The molecule has 3 rings (SSSR count). The number of aromatic nitrogens is 2. The van der Waals surface area contributed by atoms with Crippen LogP contribution in [0.2, 0.25) is 0 Å². The van der Waals surface area contributed by atoms with Gasteiger partial charge in [-0.3, -0.25) is 4.79 Å². The van der Waals surface area contributed by atoms with E-state index in [1.165, 1.54) is 11.8 Å². The summed E-state index contributed by atoms with van der Waals surface area (Å²) in [5, 5.41) is 1.17. The van der Waals surface area contributed by atoms with Crippen LogP contribution in [-0.2, 0) is 0 Å². The molecule has 3 aromatic rings. The van der Waals surface area contributed by atoms with Crippen molar-refractivity contribution in [2.45, 2.75) is 5.16 Å². The van der Waals surface area contributed by atoms with E-state index in [1.807, 2.05) is 18.4 Å². The lowest BCUT2D eigenvalue weighted by molar-refractivity contribution is 0.100. The molecule has 1 aromatic carbocycles. The van der Waals surface area contributed by atoms with Crippen LogP contribution in [0.3, 0.4) is 0 Å². The summed E-state index contributed by atoms with van der Waals surface area (Å²) in [6.07, 6.45) is 1.88. The van der Waals surface area contributed by atoms with Crippen molar-refractivity contribution in [3.05, 3.63) is 23.1 Å². The molecule has 1 amide bonds.